The molecule has 0 spiro atoms. The van der Waals surface area contributed by atoms with E-state index in [9.17, 15) is 9.59 Å². The Bertz CT molecular complexity index is 713. The molecule has 0 aliphatic carbocycles. The molecule has 7 heteroatoms. The lowest BCUT2D eigenvalue weighted by Crippen LogP contribution is -2.30. The smallest absolute Gasteiger partial charge is 0.305 e. The molecule has 5 nitrogen and oxygen atoms in total. The monoisotopic (exact) mass is 396 g/mol. The molecule has 0 fully saturated rings. The highest BCUT2D eigenvalue weighted by atomic mass is 79.9. The highest BCUT2D eigenvalue weighted by Crippen LogP contribution is 2.23. The van der Waals surface area contributed by atoms with Crippen molar-refractivity contribution >= 4 is 39.1 Å². The molecule has 1 amide bonds. The minimum absolute atomic E-state index is 0.175. The molecule has 1 unspecified atom stereocenters. The van der Waals surface area contributed by atoms with E-state index in [-0.39, 0.29) is 12.3 Å². The van der Waals surface area contributed by atoms with Crippen LogP contribution in [0.1, 0.15) is 45.3 Å². The first-order chi connectivity index (χ1) is 10.9. The van der Waals surface area contributed by atoms with Gasteiger partial charge in [0.05, 0.1) is 23.2 Å². The lowest BCUT2D eigenvalue weighted by molar-refractivity contribution is -0.137. The first kappa shape index (κ1) is 17.6. The Morgan fingerprint density at radius 1 is 1.35 bits per heavy atom. The van der Waals surface area contributed by atoms with Gasteiger partial charge in [0, 0.05) is 4.47 Å². The predicted octanol–water partition coefficient (Wildman–Crippen LogP) is 3.72. The first-order valence-corrected chi connectivity index (χ1v) is 8.76. The van der Waals surface area contributed by atoms with Crippen molar-refractivity contribution in [3.63, 3.8) is 0 Å². The van der Waals surface area contributed by atoms with Crippen LogP contribution in [0.5, 0.6) is 0 Å². The number of thiazole rings is 1. The molecule has 0 aliphatic heterocycles. The third kappa shape index (κ3) is 4.62. The van der Waals surface area contributed by atoms with Gasteiger partial charge in [-0.3, -0.25) is 9.59 Å². The summed E-state index contributed by atoms with van der Waals surface area (Å²) in [6.07, 6.45) is 0.593. The van der Waals surface area contributed by atoms with E-state index in [1.165, 1.54) is 11.3 Å². The molecule has 2 aromatic rings. The molecule has 0 radical (unpaired) electrons. The molecular weight excluding hydrogens is 380 g/mol. The topological polar surface area (TPSA) is 79.3 Å². The van der Waals surface area contributed by atoms with Gasteiger partial charge in [-0.05, 0) is 31.0 Å². The first-order valence-electron chi connectivity index (χ1n) is 7.15. The van der Waals surface area contributed by atoms with Gasteiger partial charge in [0.25, 0.3) is 5.91 Å². The molecule has 2 rings (SSSR count). The van der Waals surface area contributed by atoms with Gasteiger partial charge in [-0.2, -0.15) is 0 Å². The maximum absolute atomic E-state index is 12.5. The number of carboxylic acid groups (broad SMARTS) is 1. The number of carbonyl (C=O) groups is 2. The van der Waals surface area contributed by atoms with E-state index in [2.05, 4.69) is 26.2 Å². The van der Waals surface area contributed by atoms with Crippen LogP contribution in [-0.4, -0.2) is 22.0 Å². The second-order valence-corrected chi connectivity index (χ2v) is 7.05. The average molecular weight is 397 g/mol. The van der Waals surface area contributed by atoms with Crippen LogP contribution in [0.25, 0.3) is 0 Å². The second-order valence-electron chi connectivity index (χ2n) is 5.05. The highest BCUT2D eigenvalue weighted by Gasteiger charge is 2.21. The number of rotatable bonds is 6. The van der Waals surface area contributed by atoms with Crippen LogP contribution in [0.15, 0.2) is 28.7 Å². The van der Waals surface area contributed by atoms with Crippen LogP contribution in [0.3, 0.4) is 0 Å². The van der Waals surface area contributed by atoms with Crippen molar-refractivity contribution in [2.75, 3.05) is 0 Å². The number of aliphatic carboxylic acids is 1. The van der Waals surface area contributed by atoms with E-state index in [1.54, 1.807) is 19.1 Å². The van der Waals surface area contributed by atoms with Crippen LogP contribution in [0, 0.1) is 6.92 Å². The summed E-state index contributed by atoms with van der Waals surface area (Å²) in [6.45, 7) is 3.77. The van der Waals surface area contributed by atoms with Gasteiger partial charge in [0.2, 0.25) is 0 Å². The van der Waals surface area contributed by atoms with Crippen LogP contribution in [-0.2, 0) is 11.2 Å². The minimum atomic E-state index is -0.964. The number of hydrogen-bond acceptors (Lipinski definition) is 4. The van der Waals surface area contributed by atoms with Crippen molar-refractivity contribution in [3.05, 3.63) is 49.9 Å². The summed E-state index contributed by atoms with van der Waals surface area (Å²) in [6, 6.07) is 6.66. The number of benzene rings is 1. The number of carboxylic acids is 1. The van der Waals surface area contributed by atoms with Crippen LogP contribution in [0.2, 0.25) is 0 Å². The number of carbonyl (C=O) groups excluding carboxylic acids is 1. The zero-order chi connectivity index (χ0) is 17.0. The fraction of sp³-hybridized carbons (Fsp3) is 0.312. The van der Waals surface area contributed by atoms with Gasteiger partial charge in [0.1, 0.15) is 4.88 Å². The quantitative estimate of drug-likeness (QED) is 0.779. The SMILES string of the molecule is CCc1nc(C)c(C(=O)NC(CC(=O)O)c2ccc(Br)cc2)s1. The fourth-order valence-electron chi connectivity index (χ4n) is 2.16. The Morgan fingerprint density at radius 2 is 2.00 bits per heavy atom. The van der Waals surface area contributed by atoms with Gasteiger partial charge < -0.3 is 10.4 Å². The Hall–Kier alpha value is -1.73. The molecule has 0 aliphatic rings. The van der Waals surface area contributed by atoms with Gasteiger partial charge in [-0.15, -0.1) is 11.3 Å². The number of nitrogens with zero attached hydrogens (tertiary/aromatic N) is 1. The number of aromatic nitrogens is 1. The summed E-state index contributed by atoms with van der Waals surface area (Å²) in [5.74, 6) is -1.25. The summed E-state index contributed by atoms with van der Waals surface area (Å²) < 4.78 is 0.896. The summed E-state index contributed by atoms with van der Waals surface area (Å²) >= 11 is 4.69. The standard InChI is InChI=1S/C16H17BrN2O3S/c1-3-13-18-9(2)15(23-13)16(22)19-12(8-14(20)21)10-4-6-11(17)7-5-10/h4-7,12H,3,8H2,1-2H3,(H,19,22)(H,20,21). The summed E-state index contributed by atoms with van der Waals surface area (Å²) in [4.78, 5) is 28.5. The minimum Gasteiger partial charge on any atom is -0.481 e. The third-order valence-electron chi connectivity index (χ3n) is 3.31. The molecule has 1 aromatic carbocycles. The van der Waals surface area contributed by atoms with Crippen LogP contribution < -0.4 is 5.32 Å². The molecule has 0 saturated carbocycles. The molecule has 1 atom stereocenters. The number of aryl methyl sites for hydroxylation is 2. The zero-order valence-corrected chi connectivity index (χ0v) is 15.2. The van der Waals surface area contributed by atoms with Crippen molar-refractivity contribution in [1.29, 1.82) is 0 Å². The number of hydrogen-bond donors (Lipinski definition) is 2. The average Bonchev–Trinajstić information content (AvgIpc) is 2.88. The van der Waals surface area contributed by atoms with E-state index in [1.807, 2.05) is 19.1 Å². The van der Waals surface area contributed by atoms with Gasteiger partial charge in [0.15, 0.2) is 0 Å². The molecule has 122 valence electrons. The van der Waals surface area contributed by atoms with Gasteiger partial charge >= 0.3 is 5.97 Å². The van der Waals surface area contributed by atoms with Crippen LogP contribution >= 0.6 is 27.3 Å². The molecule has 2 N–H and O–H groups in total. The summed E-state index contributed by atoms with van der Waals surface area (Å²) in [5.41, 5.74) is 1.43. The van der Waals surface area contributed by atoms with Crippen molar-refractivity contribution < 1.29 is 14.7 Å². The molecule has 0 saturated heterocycles. The molecule has 0 bridgehead atoms. The third-order valence-corrected chi connectivity index (χ3v) is 5.14. The molecule has 23 heavy (non-hydrogen) atoms. The zero-order valence-electron chi connectivity index (χ0n) is 12.8. The molecule has 1 aromatic heterocycles. The van der Waals surface area contributed by atoms with E-state index < -0.39 is 12.0 Å². The van der Waals surface area contributed by atoms with E-state index >= 15 is 0 Å². The van der Waals surface area contributed by atoms with Crippen molar-refractivity contribution in [1.82, 2.24) is 10.3 Å². The lowest BCUT2D eigenvalue weighted by atomic mass is 10.0. The van der Waals surface area contributed by atoms with Crippen molar-refractivity contribution in [2.24, 2.45) is 0 Å². The predicted molar refractivity (Wildman–Crippen MR) is 92.8 cm³/mol. The van der Waals surface area contributed by atoms with Crippen molar-refractivity contribution in [2.45, 2.75) is 32.7 Å². The number of nitrogens with one attached hydrogen (secondary N) is 1. The lowest BCUT2D eigenvalue weighted by Gasteiger charge is -2.17. The maximum Gasteiger partial charge on any atom is 0.305 e. The van der Waals surface area contributed by atoms with Crippen molar-refractivity contribution in [3.8, 4) is 0 Å². The Kier molecular flexibility index (Phi) is 5.90. The van der Waals surface area contributed by atoms with E-state index in [0.29, 0.717) is 10.6 Å². The summed E-state index contributed by atoms with van der Waals surface area (Å²) in [7, 11) is 0. The van der Waals surface area contributed by atoms with Gasteiger partial charge in [-0.25, -0.2) is 4.98 Å². The second kappa shape index (κ2) is 7.70. The number of amides is 1. The normalized spacial score (nSPS) is 12.0. The Balaban J connectivity index is 2.22. The molecular formula is C16H17BrN2O3S. The Labute approximate surface area is 146 Å². The maximum atomic E-state index is 12.5. The molecule has 1 heterocycles. The number of halogens is 1. The summed E-state index contributed by atoms with van der Waals surface area (Å²) in [5, 5.41) is 12.8. The van der Waals surface area contributed by atoms with Crippen LogP contribution in [0.4, 0.5) is 0 Å². The van der Waals surface area contributed by atoms with E-state index in [4.69, 9.17) is 5.11 Å². The Morgan fingerprint density at radius 3 is 2.52 bits per heavy atom. The fourth-order valence-corrected chi connectivity index (χ4v) is 3.33. The highest BCUT2D eigenvalue weighted by molar-refractivity contribution is 9.10. The largest absolute Gasteiger partial charge is 0.481 e. The van der Waals surface area contributed by atoms with Gasteiger partial charge in [-0.1, -0.05) is 35.0 Å². The van der Waals surface area contributed by atoms with E-state index in [0.717, 1.165) is 21.5 Å².